The van der Waals surface area contributed by atoms with Crippen molar-refractivity contribution in [3.63, 3.8) is 0 Å². The van der Waals surface area contributed by atoms with E-state index in [9.17, 15) is 14.7 Å². The lowest BCUT2D eigenvalue weighted by Gasteiger charge is -2.48. The Morgan fingerprint density at radius 3 is 2.97 bits per heavy atom. The van der Waals surface area contributed by atoms with Gasteiger partial charge < -0.3 is 15.2 Å². The van der Waals surface area contributed by atoms with Crippen molar-refractivity contribution < 1.29 is 19.4 Å². The van der Waals surface area contributed by atoms with Crippen LogP contribution < -0.4 is 5.32 Å². The largest absolute Gasteiger partial charge is 0.508 e. The third-order valence-electron chi connectivity index (χ3n) is 8.55. The van der Waals surface area contributed by atoms with E-state index in [-0.39, 0.29) is 23.3 Å². The molecular weight excluding hydrogens is 378 g/mol. The van der Waals surface area contributed by atoms with Crippen molar-refractivity contribution in [3.05, 3.63) is 29.3 Å². The van der Waals surface area contributed by atoms with Crippen molar-refractivity contribution in [3.8, 4) is 5.75 Å². The molecule has 3 aliphatic carbocycles. The molecule has 4 aliphatic rings. The number of carbonyl (C=O) groups is 2. The highest BCUT2D eigenvalue weighted by Gasteiger charge is 2.58. The van der Waals surface area contributed by atoms with Crippen molar-refractivity contribution >= 4 is 11.7 Å². The number of hydrogen-bond donors (Lipinski definition) is 2. The van der Waals surface area contributed by atoms with Gasteiger partial charge in [0, 0.05) is 30.9 Å². The average molecular weight is 412 g/mol. The first-order valence-electron chi connectivity index (χ1n) is 11.7. The van der Waals surface area contributed by atoms with Gasteiger partial charge in [-0.05, 0) is 86.0 Å². The van der Waals surface area contributed by atoms with Crippen LogP contribution in [-0.2, 0) is 20.7 Å². The van der Waals surface area contributed by atoms with Gasteiger partial charge >= 0.3 is 0 Å². The molecule has 2 saturated carbocycles. The van der Waals surface area contributed by atoms with E-state index in [1.807, 2.05) is 6.07 Å². The van der Waals surface area contributed by atoms with E-state index in [4.69, 9.17) is 4.74 Å². The number of hydrogen-bond acceptors (Lipinski definition) is 4. The first kappa shape index (κ1) is 20.0. The Bertz CT molecular complexity index is 846. The summed E-state index contributed by atoms with van der Waals surface area (Å²) in [5, 5.41) is 12.9. The van der Waals surface area contributed by atoms with Crippen LogP contribution in [0.5, 0.6) is 5.75 Å². The molecule has 162 valence electrons. The molecule has 1 saturated heterocycles. The molecule has 1 unspecified atom stereocenters. The maximum atomic E-state index is 13.4. The molecule has 1 aromatic rings. The highest BCUT2D eigenvalue weighted by Crippen LogP contribution is 2.61. The number of rotatable bonds is 4. The fourth-order valence-electron chi connectivity index (χ4n) is 7.01. The SMILES string of the molecule is C[C@]12CC[C@@H]3c4ccc(O)cc4CC[C@H]3[C@@H]1C[C@H](CC(=O)NCC1CCCO1)C2=O. The van der Waals surface area contributed by atoms with Gasteiger partial charge in [0.2, 0.25) is 5.91 Å². The van der Waals surface area contributed by atoms with Crippen LogP contribution in [0.1, 0.15) is 68.9 Å². The van der Waals surface area contributed by atoms with E-state index in [2.05, 4.69) is 18.3 Å². The summed E-state index contributed by atoms with van der Waals surface area (Å²) in [6.45, 7) is 3.51. The molecule has 2 N–H and O–H groups in total. The Balaban J connectivity index is 1.28. The fourth-order valence-corrected chi connectivity index (χ4v) is 7.01. The number of amides is 1. The first-order chi connectivity index (χ1) is 14.5. The van der Waals surface area contributed by atoms with E-state index in [1.165, 1.54) is 11.1 Å². The van der Waals surface area contributed by atoms with Crippen LogP contribution in [0.15, 0.2) is 18.2 Å². The van der Waals surface area contributed by atoms with Crippen LogP contribution in [0.4, 0.5) is 0 Å². The minimum absolute atomic E-state index is 0.00730. The molecule has 1 heterocycles. The highest BCUT2D eigenvalue weighted by atomic mass is 16.5. The van der Waals surface area contributed by atoms with E-state index < -0.39 is 0 Å². The quantitative estimate of drug-likeness (QED) is 0.792. The summed E-state index contributed by atoms with van der Waals surface area (Å²) < 4.78 is 5.59. The summed E-state index contributed by atoms with van der Waals surface area (Å²) in [7, 11) is 0. The number of phenolic OH excluding ortho intramolecular Hbond substituents is 1. The smallest absolute Gasteiger partial charge is 0.220 e. The maximum absolute atomic E-state index is 13.4. The van der Waals surface area contributed by atoms with Gasteiger partial charge in [0.15, 0.2) is 0 Å². The summed E-state index contributed by atoms with van der Waals surface area (Å²) in [5.74, 6) is 1.85. The first-order valence-corrected chi connectivity index (χ1v) is 11.7. The Labute approximate surface area is 178 Å². The van der Waals surface area contributed by atoms with E-state index >= 15 is 0 Å². The zero-order chi connectivity index (χ0) is 20.9. The van der Waals surface area contributed by atoms with Gasteiger partial charge in [-0.3, -0.25) is 9.59 Å². The molecule has 5 rings (SSSR count). The molecule has 0 bridgehead atoms. The molecule has 1 aromatic carbocycles. The lowest BCUT2D eigenvalue weighted by molar-refractivity contribution is -0.134. The van der Waals surface area contributed by atoms with Crippen LogP contribution in [0.3, 0.4) is 0 Å². The molecular formula is C25H33NO4. The normalized spacial score (nSPS) is 37.4. The molecule has 0 spiro atoms. The summed E-state index contributed by atoms with van der Waals surface area (Å²) in [4.78, 5) is 25.9. The third kappa shape index (κ3) is 3.35. The zero-order valence-corrected chi connectivity index (χ0v) is 17.9. The van der Waals surface area contributed by atoms with Gasteiger partial charge in [0.05, 0.1) is 6.10 Å². The molecule has 5 nitrogen and oxygen atoms in total. The minimum Gasteiger partial charge on any atom is -0.508 e. The summed E-state index contributed by atoms with van der Waals surface area (Å²) in [6, 6.07) is 5.81. The predicted octanol–water partition coefficient (Wildman–Crippen LogP) is 3.73. The predicted molar refractivity (Wildman–Crippen MR) is 113 cm³/mol. The molecule has 6 atom stereocenters. The molecule has 30 heavy (non-hydrogen) atoms. The number of fused-ring (bicyclic) bond motifs is 5. The summed E-state index contributed by atoms with van der Waals surface area (Å²) in [6.07, 6.45) is 7.35. The number of carbonyl (C=O) groups excluding carboxylic acids is 2. The van der Waals surface area contributed by atoms with Crippen LogP contribution in [-0.4, -0.2) is 36.1 Å². The van der Waals surface area contributed by atoms with Crippen LogP contribution >= 0.6 is 0 Å². The molecule has 1 amide bonds. The minimum atomic E-state index is -0.283. The molecule has 0 aromatic heterocycles. The number of aromatic hydroxyl groups is 1. The number of ether oxygens (including phenoxy) is 1. The topological polar surface area (TPSA) is 75.6 Å². The maximum Gasteiger partial charge on any atom is 0.220 e. The van der Waals surface area contributed by atoms with E-state index in [1.54, 1.807) is 6.07 Å². The number of Topliss-reactive ketones (excluding diaryl/α,β-unsaturated/α-hetero) is 1. The highest BCUT2D eigenvalue weighted by molar-refractivity contribution is 5.93. The Kier molecular flexibility index (Phi) is 5.12. The fraction of sp³-hybridized carbons (Fsp3) is 0.680. The Morgan fingerprint density at radius 1 is 1.30 bits per heavy atom. The zero-order valence-electron chi connectivity index (χ0n) is 17.9. The monoisotopic (exact) mass is 411 g/mol. The number of nitrogens with one attached hydrogen (secondary N) is 1. The average Bonchev–Trinajstić information content (AvgIpc) is 3.34. The van der Waals surface area contributed by atoms with Crippen LogP contribution in [0, 0.1) is 23.2 Å². The molecule has 1 aliphatic heterocycles. The van der Waals surface area contributed by atoms with Gasteiger partial charge in [-0.15, -0.1) is 0 Å². The van der Waals surface area contributed by atoms with Gasteiger partial charge in [0.25, 0.3) is 0 Å². The molecule has 5 heteroatoms. The second kappa shape index (κ2) is 7.67. The summed E-state index contributed by atoms with van der Waals surface area (Å²) in [5.41, 5.74) is 2.36. The standard InChI is InChI=1S/C25H33NO4/c1-25-9-8-20-19-7-5-17(27)11-15(19)4-6-21(20)22(25)12-16(24(25)29)13-23(28)26-14-18-3-2-10-30-18/h5,7,11,16,18,20-22,27H,2-4,6,8-10,12-14H2,1H3,(H,26,28)/t16-,18?,20-,21-,22+,25+/m1/s1. The van der Waals surface area contributed by atoms with Crippen LogP contribution in [0.2, 0.25) is 0 Å². The lowest BCUT2D eigenvalue weighted by atomic mass is 9.55. The van der Waals surface area contributed by atoms with Crippen molar-refractivity contribution in [2.45, 2.75) is 70.3 Å². The second-order valence-electron chi connectivity index (χ2n) is 10.2. The Hall–Kier alpha value is -1.88. The van der Waals surface area contributed by atoms with E-state index in [0.29, 0.717) is 42.3 Å². The Morgan fingerprint density at radius 2 is 2.17 bits per heavy atom. The molecule has 0 radical (unpaired) electrons. The number of phenols is 1. The molecule has 3 fully saturated rings. The lowest BCUT2D eigenvalue weighted by Crippen LogP contribution is -2.42. The second-order valence-corrected chi connectivity index (χ2v) is 10.2. The summed E-state index contributed by atoms with van der Waals surface area (Å²) >= 11 is 0. The van der Waals surface area contributed by atoms with Gasteiger partial charge in [-0.1, -0.05) is 13.0 Å². The third-order valence-corrected chi connectivity index (χ3v) is 8.55. The van der Waals surface area contributed by atoms with Gasteiger partial charge in [0.1, 0.15) is 11.5 Å². The van der Waals surface area contributed by atoms with Gasteiger partial charge in [-0.2, -0.15) is 0 Å². The number of benzene rings is 1. The van der Waals surface area contributed by atoms with Crippen LogP contribution in [0.25, 0.3) is 0 Å². The number of ketones is 1. The van der Waals surface area contributed by atoms with Crippen molar-refractivity contribution in [2.24, 2.45) is 23.2 Å². The van der Waals surface area contributed by atoms with Gasteiger partial charge in [-0.25, -0.2) is 0 Å². The van der Waals surface area contributed by atoms with Crippen molar-refractivity contribution in [2.75, 3.05) is 13.2 Å². The van der Waals surface area contributed by atoms with Crippen molar-refractivity contribution in [1.29, 1.82) is 0 Å². The number of aryl methyl sites for hydroxylation is 1. The van der Waals surface area contributed by atoms with E-state index in [0.717, 1.165) is 51.6 Å². The van der Waals surface area contributed by atoms with Crippen molar-refractivity contribution in [1.82, 2.24) is 5.32 Å².